The van der Waals surface area contributed by atoms with Crippen LogP contribution in [0.3, 0.4) is 0 Å². The molecule has 0 aliphatic heterocycles. The van der Waals surface area contributed by atoms with Crippen LogP contribution in [0.2, 0.25) is 0 Å². The van der Waals surface area contributed by atoms with Crippen molar-refractivity contribution in [3.05, 3.63) is 60.2 Å². The van der Waals surface area contributed by atoms with Crippen LogP contribution in [0.5, 0.6) is 0 Å². The van der Waals surface area contributed by atoms with Gasteiger partial charge in [0.15, 0.2) is 0 Å². The fraction of sp³-hybridized carbons (Fsp3) is 0.238. The molecule has 0 aliphatic carbocycles. The third-order valence-corrected chi connectivity index (χ3v) is 4.69. The summed E-state index contributed by atoms with van der Waals surface area (Å²) in [5.74, 6) is 0. The van der Waals surface area contributed by atoms with Gasteiger partial charge in [0.25, 0.3) is 0 Å². The first kappa shape index (κ1) is 13.4. The van der Waals surface area contributed by atoms with Gasteiger partial charge in [-0.15, -0.1) is 0 Å². The highest BCUT2D eigenvalue weighted by Gasteiger charge is 2.14. The van der Waals surface area contributed by atoms with Gasteiger partial charge in [0.1, 0.15) is 0 Å². The number of rotatable bonds is 3. The monoisotopic (exact) mass is 287 g/mol. The molecule has 4 rings (SSSR count). The lowest BCUT2D eigenvalue weighted by atomic mass is 9.98. The number of para-hydroxylation sites is 1. The highest BCUT2D eigenvalue weighted by Crippen LogP contribution is 2.36. The van der Waals surface area contributed by atoms with Crippen LogP contribution in [-0.2, 0) is 13.0 Å². The van der Waals surface area contributed by atoms with E-state index in [4.69, 9.17) is 0 Å². The molecule has 0 radical (unpaired) electrons. The molecule has 0 bridgehead atoms. The van der Waals surface area contributed by atoms with Gasteiger partial charge in [0.2, 0.25) is 0 Å². The minimum absolute atomic E-state index is 1.07. The van der Waals surface area contributed by atoms with Gasteiger partial charge in [-0.2, -0.15) is 0 Å². The van der Waals surface area contributed by atoms with E-state index in [2.05, 4.69) is 73.0 Å². The largest absolute Gasteiger partial charge is 0.340 e. The predicted molar refractivity (Wildman–Crippen MR) is 96.6 cm³/mol. The Morgan fingerprint density at radius 1 is 0.773 bits per heavy atom. The Bertz CT molecular complexity index is 975. The normalized spacial score (nSPS) is 11.7. The van der Waals surface area contributed by atoms with E-state index in [9.17, 15) is 0 Å². The third-order valence-electron chi connectivity index (χ3n) is 4.69. The van der Waals surface area contributed by atoms with Crippen molar-refractivity contribution in [1.82, 2.24) is 4.57 Å². The molecule has 1 heteroatoms. The van der Waals surface area contributed by atoms with Crippen LogP contribution < -0.4 is 0 Å². The van der Waals surface area contributed by atoms with E-state index in [1.807, 2.05) is 0 Å². The van der Waals surface area contributed by atoms with Crippen molar-refractivity contribution in [3.63, 3.8) is 0 Å². The van der Waals surface area contributed by atoms with Gasteiger partial charge in [0.05, 0.1) is 5.52 Å². The van der Waals surface area contributed by atoms with Crippen molar-refractivity contribution >= 4 is 32.6 Å². The molecule has 22 heavy (non-hydrogen) atoms. The molecule has 3 aromatic carbocycles. The van der Waals surface area contributed by atoms with E-state index in [1.54, 1.807) is 0 Å². The zero-order valence-corrected chi connectivity index (χ0v) is 13.3. The minimum atomic E-state index is 1.07. The highest BCUT2D eigenvalue weighted by atomic mass is 15.0. The number of aryl methyl sites for hydroxylation is 2. The van der Waals surface area contributed by atoms with Crippen LogP contribution in [0, 0.1) is 0 Å². The third kappa shape index (κ3) is 1.78. The first-order chi connectivity index (χ1) is 10.8. The molecule has 1 aromatic heterocycles. The molecule has 4 aromatic rings. The number of hydrogen-bond donors (Lipinski definition) is 0. The smallest absolute Gasteiger partial charge is 0.0500 e. The van der Waals surface area contributed by atoms with Crippen molar-refractivity contribution < 1.29 is 0 Å². The summed E-state index contributed by atoms with van der Waals surface area (Å²) in [6.45, 7) is 5.58. The predicted octanol–water partition coefficient (Wildman–Crippen LogP) is 5.92. The molecular formula is C21H21N. The Labute approximate surface area is 131 Å². The average molecular weight is 287 g/mol. The second-order valence-electron chi connectivity index (χ2n) is 6.00. The van der Waals surface area contributed by atoms with Gasteiger partial charge < -0.3 is 4.57 Å². The fourth-order valence-corrected chi connectivity index (χ4v) is 3.74. The van der Waals surface area contributed by atoms with Crippen LogP contribution in [-0.4, -0.2) is 4.57 Å². The zero-order valence-electron chi connectivity index (χ0n) is 13.3. The number of fused-ring (bicyclic) bond motifs is 5. The Morgan fingerprint density at radius 3 is 2.18 bits per heavy atom. The lowest BCUT2D eigenvalue weighted by Gasteiger charge is -2.09. The van der Waals surface area contributed by atoms with Crippen molar-refractivity contribution in [3.8, 4) is 0 Å². The molecule has 0 unspecified atom stereocenters. The highest BCUT2D eigenvalue weighted by molar-refractivity contribution is 6.21. The summed E-state index contributed by atoms with van der Waals surface area (Å²) in [7, 11) is 0. The standard InChI is InChI=1S/C21H21N/c1-3-13-22-19-12-8-7-11-18(19)21-17-10-6-5-9-16(17)15(4-2)14-20(21)22/h5-12,14H,3-4,13H2,1-2H3. The summed E-state index contributed by atoms with van der Waals surface area (Å²) in [5, 5.41) is 5.58. The number of aromatic nitrogens is 1. The van der Waals surface area contributed by atoms with Gasteiger partial charge in [0, 0.05) is 22.8 Å². The molecular weight excluding hydrogens is 266 g/mol. The first-order valence-corrected chi connectivity index (χ1v) is 8.26. The SMILES string of the molecule is CCCn1c2ccccc2c2c3ccccc3c(CC)cc21. The van der Waals surface area contributed by atoms with Crippen molar-refractivity contribution in [2.24, 2.45) is 0 Å². The van der Waals surface area contributed by atoms with Crippen molar-refractivity contribution in [1.29, 1.82) is 0 Å². The van der Waals surface area contributed by atoms with Gasteiger partial charge in [-0.1, -0.05) is 56.3 Å². The average Bonchev–Trinajstić information content (AvgIpc) is 2.89. The van der Waals surface area contributed by atoms with Crippen LogP contribution in [0.15, 0.2) is 54.6 Å². The summed E-state index contributed by atoms with van der Waals surface area (Å²) in [6, 6.07) is 20.1. The van der Waals surface area contributed by atoms with Gasteiger partial charge in [-0.05, 0) is 41.3 Å². The molecule has 0 fully saturated rings. The Morgan fingerprint density at radius 2 is 1.45 bits per heavy atom. The van der Waals surface area contributed by atoms with E-state index < -0.39 is 0 Å². The summed E-state index contributed by atoms with van der Waals surface area (Å²) >= 11 is 0. The van der Waals surface area contributed by atoms with E-state index in [-0.39, 0.29) is 0 Å². The maximum Gasteiger partial charge on any atom is 0.0500 e. The lowest BCUT2D eigenvalue weighted by molar-refractivity contribution is 0.724. The Balaban J connectivity index is 2.29. The number of nitrogens with zero attached hydrogens (tertiary/aromatic N) is 1. The Hall–Kier alpha value is -2.28. The molecule has 0 spiro atoms. The maximum atomic E-state index is 2.50. The van der Waals surface area contributed by atoms with Crippen LogP contribution in [0.1, 0.15) is 25.8 Å². The minimum Gasteiger partial charge on any atom is -0.340 e. The second-order valence-corrected chi connectivity index (χ2v) is 6.00. The van der Waals surface area contributed by atoms with Crippen LogP contribution in [0.4, 0.5) is 0 Å². The molecule has 0 saturated carbocycles. The first-order valence-electron chi connectivity index (χ1n) is 8.26. The second kappa shape index (κ2) is 5.17. The molecule has 0 saturated heterocycles. The van der Waals surface area contributed by atoms with E-state index in [1.165, 1.54) is 38.1 Å². The molecule has 1 heterocycles. The summed E-state index contributed by atoms with van der Waals surface area (Å²) < 4.78 is 2.50. The van der Waals surface area contributed by atoms with Crippen LogP contribution in [0.25, 0.3) is 32.6 Å². The number of benzene rings is 3. The van der Waals surface area contributed by atoms with E-state index in [0.717, 1.165) is 19.4 Å². The van der Waals surface area contributed by atoms with Crippen molar-refractivity contribution in [2.45, 2.75) is 33.2 Å². The topological polar surface area (TPSA) is 4.93 Å². The summed E-state index contributed by atoms with van der Waals surface area (Å²) in [6.07, 6.45) is 2.23. The lowest BCUT2D eigenvalue weighted by Crippen LogP contribution is -1.96. The van der Waals surface area contributed by atoms with Gasteiger partial charge in [-0.25, -0.2) is 0 Å². The molecule has 0 amide bonds. The van der Waals surface area contributed by atoms with Crippen LogP contribution >= 0.6 is 0 Å². The van der Waals surface area contributed by atoms with Crippen molar-refractivity contribution in [2.75, 3.05) is 0 Å². The van der Waals surface area contributed by atoms with Gasteiger partial charge in [-0.3, -0.25) is 0 Å². The van der Waals surface area contributed by atoms with Gasteiger partial charge >= 0.3 is 0 Å². The quantitative estimate of drug-likeness (QED) is 0.441. The zero-order chi connectivity index (χ0) is 15.1. The van der Waals surface area contributed by atoms with E-state index >= 15 is 0 Å². The number of hydrogen-bond acceptors (Lipinski definition) is 0. The molecule has 110 valence electrons. The summed E-state index contributed by atoms with van der Waals surface area (Å²) in [5.41, 5.74) is 4.19. The Kier molecular flexibility index (Phi) is 3.15. The molecule has 1 nitrogen and oxygen atoms in total. The molecule has 0 aliphatic rings. The van der Waals surface area contributed by atoms with E-state index in [0.29, 0.717) is 0 Å². The molecule has 0 atom stereocenters. The maximum absolute atomic E-state index is 2.50. The summed E-state index contributed by atoms with van der Waals surface area (Å²) in [4.78, 5) is 0. The fourth-order valence-electron chi connectivity index (χ4n) is 3.74. The molecule has 0 N–H and O–H groups in total.